The molecule has 2 aliphatic rings. The quantitative estimate of drug-likeness (QED) is 0.821. The average molecular weight is 311 g/mol. The Labute approximate surface area is 132 Å². The molecule has 1 aliphatic heterocycles. The van der Waals surface area contributed by atoms with Crippen molar-refractivity contribution in [3.8, 4) is 0 Å². The molecule has 1 aliphatic carbocycles. The van der Waals surface area contributed by atoms with E-state index in [1.54, 1.807) is 0 Å². The second-order valence-electron chi connectivity index (χ2n) is 6.52. The molecule has 0 aromatic carbocycles. The summed E-state index contributed by atoms with van der Waals surface area (Å²) in [6, 6.07) is 0.269. The highest BCUT2D eigenvalue weighted by atomic mass is 32.2. The molecule has 2 rings (SSSR count). The van der Waals surface area contributed by atoms with Crippen LogP contribution in [0.15, 0.2) is 4.99 Å². The number of nitrogens with zero attached hydrogens (tertiary/aromatic N) is 1. The maximum atomic E-state index is 11.7. The molecule has 1 spiro atoms. The van der Waals surface area contributed by atoms with Crippen LogP contribution in [-0.2, 0) is 4.79 Å². The lowest BCUT2D eigenvalue weighted by Crippen LogP contribution is -2.38. The fourth-order valence-electron chi connectivity index (χ4n) is 3.00. The monoisotopic (exact) mass is 311 g/mol. The van der Waals surface area contributed by atoms with Gasteiger partial charge in [-0.25, -0.2) is 0 Å². The molecule has 4 nitrogen and oxygen atoms in total. The van der Waals surface area contributed by atoms with Crippen LogP contribution in [0.1, 0.15) is 58.8 Å². The van der Waals surface area contributed by atoms with Crippen molar-refractivity contribution < 1.29 is 4.79 Å². The number of carbonyl (C=O) groups excluding carboxylic acids is 1. The van der Waals surface area contributed by atoms with Crippen LogP contribution in [0.3, 0.4) is 0 Å². The van der Waals surface area contributed by atoms with Crippen molar-refractivity contribution in [3.05, 3.63) is 0 Å². The molecule has 21 heavy (non-hydrogen) atoms. The predicted molar refractivity (Wildman–Crippen MR) is 90.8 cm³/mol. The summed E-state index contributed by atoms with van der Waals surface area (Å²) in [4.78, 5) is 16.4. The minimum atomic E-state index is 0.127. The molecule has 0 saturated heterocycles. The third-order valence-corrected chi connectivity index (χ3v) is 5.94. The molecule has 1 atom stereocenters. The number of rotatable bonds is 5. The number of hydrogen-bond donors (Lipinski definition) is 2. The highest BCUT2D eigenvalue weighted by Gasteiger charge is 2.34. The van der Waals surface area contributed by atoms with Gasteiger partial charge in [0.2, 0.25) is 5.91 Å². The molecule has 0 aromatic rings. The van der Waals surface area contributed by atoms with Crippen LogP contribution in [0, 0.1) is 5.41 Å². The zero-order valence-electron chi connectivity index (χ0n) is 13.4. The van der Waals surface area contributed by atoms with Crippen molar-refractivity contribution in [1.82, 2.24) is 10.6 Å². The first kappa shape index (κ1) is 16.7. The average Bonchev–Trinajstić information content (AvgIpc) is 2.50. The van der Waals surface area contributed by atoms with Crippen molar-refractivity contribution in [1.29, 1.82) is 0 Å². The van der Waals surface area contributed by atoms with E-state index in [9.17, 15) is 4.79 Å². The van der Waals surface area contributed by atoms with E-state index >= 15 is 0 Å². The van der Waals surface area contributed by atoms with Gasteiger partial charge in [-0.15, -0.1) is 0 Å². The Morgan fingerprint density at radius 3 is 2.76 bits per heavy atom. The molecule has 1 amide bonds. The summed E-state index contributed by atoms with van der Waals surface area (Å²) in [7, 11) is 0. The van der Waals surface area contributed by atoms with Gasteiger partial charge < -0.3 is 10.6 Å². The zero-order valence-corrected chi connectivity index (χ0v) is 14.2. The fraction of sp³-hybridized carbons (Fsp3) is 0.875. The fourth-order valence-corrected chi connectivity index (χ4v) is 4.18. The van der Waals surface area contributed by atoms with E-state index in [0.717, 1.165) is 18.1 Å². The summed E-state index contributed by atoms with van der Waals surface area (Å²) in [5, 5.41) is 7.34. The van der Waals surface area contributed by atoms with Crippen LogP contribution >= 0.6 is 11.8 Å². The number of hydrogen-bond acceptors (Lipinski definition) is 4. The highest BCUT2D eigenvalue weighted by molar-refractivity contribution is 8.13. The van der Waals surface area contributed by atoms with Crippen molar-refractivity contribution in [2.45, 2.75) is 64.8 Å². The number of aliphatic imine (C=N–C) groups is 1. The molecule has 1 saturated carbocycles. The minimum absolute atomic E-state index is 0.127. The van der Waals surface area contributed by atoms with Gasteiger partial charge in [-0.3, -0.25) is 9.79 Å². The molecule has 0 aromatic heterocycles. The van der Waals surface area contributed by atoms with Gasteiger partial charge in [0.1, 0.15) is 0 Å². The number of nitrogens with one attached hydrogen (secondary N) is 2. The van der Waals surface area contributed by atoms with E-state index in [-0.39, 0.29) is 11.9 Å². The summed E-state index contributed by atoms with van der Waals surface area (Å²) in [6.07, 6.45) is 8.32. The molecule has 1 heterocycles. The maximum Gasteiger partial charge on any atom is 0.221 e. The molecule has 5 heteroatoms. The summed E-state index contributed by atoms with van der Waals surface area (Å²) in [5.41, 5.74) is 0.474. The third kappa shape index (κ3) is 5.20. The van der Waals surface area contributed by atoms with E-state index in [2.05, 4.69) is 17.6 Å². The topological polar surface area (TPSA) is 53.5 Å². The first-order chi connectivity index (χ1) is 10.1. The Morgan fingerprint density at radius 1 is 1.38 bits per heavy atom. The SMILES string of the molecule is CCC(C)NC(=O)CCNC1=NCC2(CCCCC2)CS1. The lowest BCUT2D eigenvalue weighted by Gasteiger charge is -2.38. The largest absolute Gasteiger partial charge is 0.364 e. The van der Waals surface area contributed by atoms with Gasteiger partial charge in [0.05, 0.1) is 0 Å². The number of carbonyl (C=O) groups is 1. The smallest absolute Gasteiger partial charge is 0.221 e. The van der Waals surface area contributed by atoms with E-state index in [0.29, 0.717) is 18.4 Å². The Hall–Kier alpha value is -0.710. The lowest BCUT2D eigenvalue weighted by atomic mass is 9.75. The first-order valence-electron chi connectivity index (χ1n) is 8.34. The van der Waals surface area contributed by atoms with Crippen LogP contribution in [-0.4, -0.2) is 36.0 Å². The van der Waals surface area contributed by atoms with Crippen molar-refractivity contribution in [2.24, 2.45) is 10.4 Å². The summed E-state index contributed by atoms with van der Waals surface area (Å²) >= 11 is 1.85. The zero-order chi connectivity index (χ0) is 15.1. The number of amides is 1. The molecule has 1 unspecified atom stereocenters. The number of amidine groups is 1. The molecule has 2 N–H and O–H groups in total. The van der Waals surface area contributed by atoms with Crippen LogP contribution in [0.5, 0.6) is 0 Å². The van der Waals surface area contributed by atoms with Crippen LogP contribution in [0.25, 0.3) is 0 Å². The summed E-state index contributed by atoms with van der Waals surface area (Å²) < 4.78 is 0. The standard InChI is InChI=1S/C16H29N3OS/c1-3-13(2)19-14(20)7-10-17-15-18-11-16(12-21-15)8-5-4-6-9-16/h13H,3-12H2,1-2H3,(H,17,18)(H,19,20). The highest BCUT2D eigenvalue weighted by Crippen LogP contribution is 2.41. The second-order valence-corrected chi connectivity index (χ2v) is 7.49. The van der Waals surface area contributed by atoms with Crippen LogP contribution < -0.4 is 10.6 Å². The molecule has 120 valence electrons. The first-order valence-corrected chi connectivity index (χ1v) is 9.33. The molecule has 1 fully saturated rings. The van der Waals surface area contributed by atoms with Gasteiger partial charge >= 0.3 is 0 Å². The summed E-state index contributed by atoms with van der Waals surface area (Å²) in [5.74, 6) is 1.32. The molecule has 0 bridgehead atoms. The maximum absolute atomic E-state index is 11.7. The Kier molecular flexibility index (Phi) is 6.40. The van der Waals surface area contributed by atoms with Gasteiger partial charge in [0, 0.05) is 31.3 Å². The van der Waals surface area contributed by atoms with Crippen molar-refractivity contribution >= 4 is 22.8 Å². The second kappa shape index (κ2) is 8.06. The van der Waals surface area contributed by atoms with E-state index in [1.165, 1.54) is 37.9 Å². The van der Waals surface area contributed by atoms with Gasteiger partial charge in [0.15, 0.2) is 5.17 Å². The van der Waals surface area contributed by atoms with Gasteiger partial charge in [-0.05, 0) is 31.6 Å². The molecule has 0 radical (unpaired) electrons. The van der Waals surface area contributed by atoms with Gasteiger partial charge in [-0.2, -0.15) is 0 Å². The third-order valence-electron chi connectivity index (χ3n) is 4.64. The van der Waals surface area contributed by atoms with Crippen LogP contribution in [0.4, 0.5) is 0 Å². The Balaban J connectivity index is 1.67. The molecular weight excluding hydrogens is 282 g/mol. The van der Waals surface area contributed by atoms with Crippen LogP contribution in [0.2, 0.25) is 0 Å². The normalized spacial score (nSPS) is 22.5. The van der Waals surface area contributed by atoms with Crippen molar-refractivity contribution in [2.75, 3.05) is 18.8 Å². The Morgan fingerprint density at radius 2 is 2.14 bits per heavy atom. The lowest BCUT2D eigenvalue weighted by molar-refractivity contribution is -0.121. The van der Waals surface area contributed by atoms with Crippen molar-refractivity contribution in [3.63, 3.8) is 0 Å². The molecular formula is C16H29N3OS. The summed E-state index contributed by atoms with van der Waals surface area (Å²) in [6.45, 7) is 5.77. The van der Waals surface area contributed by atoms with Gasteiger partial charge in [-0.1, -0.05) is 37.9 Å². The van der Waals surface area contributed by atoms with E-state index in [4.69, 9.17) is 4.99 Å². The minimum Gasteiger partial charge on any atom is -0.364 e. The van der Waals surface area contributed by atoms with Gasteiger partial charge in [0.25, 0.3) is 0 Å². The van der Waals surface area contributed by atoms with E-state index in [1.807, 2.05) is 18.7 Å². The Bertz CT molecular complexity index is 378. The predicted octanol–water partition coefficient (Wildman–Crippen LogP) is 2.93. The number of thioether (sulfide) groups is 1. The van der Waals surface area contributed by atoms with E-state index < -0.39 is 0 Å².